The lowest BCUT2D eigenvalue weighted by Gasteiger charge is -2.15. The van der Waals surface area contributed by atoms with E-state index < -0.39 is 0 Å². The topological polar surface area (TPSA) is 26.0 Å². The fraction of sp³-hybridized carbons (Fsp3) is 0.250. The van der Waals surface area contributed by atoms with Crippen molar-refractivity contribution in [3.05, 3.63) is 67.1 Å². The van der Waals surface area contributed by atoms with Gasteiger partial charge in [0, 0.05) is 10.5 Å². The molecular formula is C16H16BrCl2N. The largest absolute Gasteiger partial charge is 0.324 e. The van der Waals surface area contributed by atoms with E-state index in [4.69, 9.17) is 28.9 Å². The first-order valence-corrected chi connectivity index (χ1v) is 7.89. The minimum absolute atomic E-state index is 0.0576. The van der Waals surface area contributed by atoms with Gasteiger partial charge in [0.05, 0.1) is 10.0 Å². The average Bonchev–Trinajstić information content (AvgIpc) is 2.39. The summed E-state index contributed by atoms with van der Waals surface area (Å²) in [7, 11) is 0. The highest BCUT2D eigenvalue weighted by molar-refractivity contribution is 9.10. The van der Waals surface area contributed by atoms with E-state index in [0.29, 0.717) is 10.0 Å². The van der Waals surface area contributed by atoms with Crippen LogP contribution >= 0.6 is 39.1 Å². The molecule has 1 unspecified atom stereocenters. The van der Waals surface area contributed by atoms with E-state index in [9.17, 15) is 0 Å². The second-order valence-corrected chi connectivity index (χ2v) is 6.64. The van der Waals surface area contributed by atoms with Crippen LogP contribution in [0.5, 0.6) is 0 Å². The van der Waals surface area contributed by atoms with Crippen molar-refractivity contribution >= 4 is 39.1 Å². The molecule has 0 aliphatic heterocycles. The molecule has 4 heteroatoms. The van der Waals surface area contributed by atoms with Gasteiger partial charge in [0.25, 0.3) is 0 Å². The number of hydrogen-bond acceptors (Lipinski definition) is 1. The molecule has 2 N–H and O–H groups in total. The highest BCUT2D eigenvalue weighted by atomic mass is 79.9. The number of hydrogen-bond donors (Lipinski definition) is 1. The minimum atomic E-state index is -0.0576. The van der Waals surface area contributed by atoms with Crippen LogP contribution in [0.1, 0.15) is 28.3 Å². The Morgan fingerprint density at radius 1 is 1.05 bits per heavy atom. The summed E-state index contributed by atoms with van der Waals surface area (Å²) in [6.45, 7) is 4.15. The lowest BCUT2D eigenvalue weighted by atomic mass is 9.97. The Kier molecular flexibility index (Phi) is 5.14. The first-order valence-electron chi connectivity index (χ1n) is 6.34. The van der Waals surface area contributed by atoms with E-state index in [1.54, 1.807) is 0 Å². The smallest absolute Gasteiger partial charge is 0.0595 e. The van der Waals surface area contributed by atoms with Crippen molar-refractivity contribution < 1.29 is 0 Å². The summed E-state index contributed by atoms with van der Waals surface area (Å²) >= 11 is 15.5. The number of rotatable bonds is 3. The molecule has 0 radical (unpaired) electrons. The molecule has 1 atom stereocenters. The van der Waals surface area contributed by atoms with Gasteiger partial charge in [-0.2, -0.15) is 0 Å². The zero-order valence-corrected chi connectivity index (χ0v) is 14.5. The maximum atomic E-state index is 6.31. The van der Waals surface area contributed by atoms with Crippen LogP contribution in [0.15, 0.2) is 34.8 Å². The summed E-state index contributed by atoms with van der Waals surface area (Å²) in [5, 5.41) is 1.14. The lowest BCUT2D eigenvalue weighted by molar-refractivity contribution is 0.720. The van der Waals surface area contributed by atoms with Crippen molar-refractivity contribution in [1.29, 1.82) is 0 Å². The third kappa shape index (κ3) is 3.56. The highest BCUT2D eigenvalue weighted by Crippen LogP contribution is 2.28. The molecule has 0 fully saturated rings. The predicted octanol–water partition coefficient (Wildman–Crippen LogP) is 5.62. The van der Waals surface area contributed by atoms with Crippen molar-refractivity contribution in [2.45, 2.75) is 26.3 Å². The molecule has 2 aromatic carbocycles. The van der Waals surface area contributed by atoms with Crippen LogP contribution in [0.25, 0.3) is 0 Å². The van der Waals surface area contributed by atoms with Crippen LogP contribution in [-0.4, -0.2) is 0 Å². The molecule has 0 aliphatic rings. The van der Waals surface area contributed by atoms with Gasteiger partial charge in [0.15, 0.2) is 0 Å². The second-order valence-electron chi connectivity index (χ2n) is 5.03. The lowest BCUT2D eigenvalue weighted by Crippen LogP contribution is -2.14. The third-order valence-electron chi connectivity index (χ3n) is 3.33. The van der Waals surface area contributed by atoms with Gasteiger partial charge in [-0.15, -0.1) is 0 Å². The van der Waals surface area contributed by atoms with Crippen LogP contribution in [0.2, 0.25) is 10.0 Å². The molecule has 106 valence electrons. The van der Waals surface area contributed by atoms with Crippen molar-refractivity contribution in [2.75, 3.05) is 0 Å². The number of nitrogens with two attached hydrogens (primary N) is 1. The van der Waals surface area contributed by atoms with Gasteiger partial charge in [-0.1, -0.05) is 57.3 Å². The summed E-state index contributed by atoms with van der Waals surface area (Å²) in [6.07, 6.45) is 0.734. The molecule has 0 heterocycles. The average molecular weight is 373 g/mol. The van der Waals surface area contributed by atoms with E-state index in [1.165, 1.54) is 11.1 Å². The van der Waals surface area contributed by atoms with Crippen molar-refractivity contribution in [3.63, 3.8) is 0 Å². The fourth-order valence-electron chi connectivity index (χ4n) is 2.23. The standard InChI is InChI=1S/C16H16BrCl2N/c1-9-5-12(6-10(2)16(9)17)15(20)8-11-3-4-13(18)14(19)7-11/h3-7,15H,8,20H2,1-2H3. The third-order valence-corrected chi connectivity index (χ3v) is 5.32. The molecule has 0 aromatic heterocycles. The molecule has 1 nitrogen and oxygen atoms in total. The summed E-state index contributed by atoms with van der Waals surface area (Å²) in [4.78, 5) is 0. The summed E-state index contributed by atoms with van der Waals surface area (Å²) in [5.74, 6) is 0. The molecule has 0 amide bonds. The highest BCUT2D eigenvalue weighted by Gasteiger charge is 2.11. The predicted molar refractivity (Wildman–Crippen MR) is 90.7 cm³/mol. The van der Waals surface area contributed by atoms with E-state index in [2.05, 4.69) is 41.9 Å². The van der Waals surface area contributed by atoms with Crippen LogP contribution in [0.4, 0.5) is 0 Å². The van der Waals surface area contributed by atoms with E-state index in [1.807, 2.05) is 18.2 Å². The monoisotopic (exact) mass is 371 g/mol. The van der Waals surface area contributed by atoms with Crippen LogP contribution in [0.3, 0.4) is 0 Å². The van der Waals surface area contributed by atoms with Gasteiger partial charge < -0.3 is 5.73 Å². The van der Waals surface area contributed by atoms with Crippen LogP contribution in [-0.2, 0) is 6.42 Å². The van der Waals surface area contributed by atoms with E-state index in [-0.39, 0.29) is 6.04 Å². The van der Waals surface area contributed by atoms with Crippen molar-refractivity contribution in [2.24, 2.45) is 5.73 Å². The molecule has 0 spiro atoms. The molecule has 2 aromatic rings. The van der Waals surface area contributed by atoms with Crippen molar-refractivity contribution in [3.8, 4) is 0 Å². The Labute approximate surface area is 138 Å². The molecule has 20 heavy (non-hydrogen) atoms. The molecular weight excluding hydrogens is 357 g/mol. The second kappa shape index (κ2) is 6.48. The first kappa shape index (κ1) is 15.8. The quantitative estimate of drug-likeness (QED) is 0.743. The summed E-state index contributed by atoms with van der Waals surface area (Å²) in [5.41, 5.74) is 10.9. The summed E-state index contributed by atoms with van der Waals surface area (Å²) in [6, 6.07) is 9.84. The fourth-order valence-corrected chi connectivity index (χ4v) is 2.78. The number of aryl methyl sites for hydroxylation is 2. The Hall–Kier alpha value is -0.540. The maximum absolute atomic E-state index is 6.31. The molecule has 0 saturated heterocycles. The number of halogens is 3. The first-order chi connectivity index (χ1) is 9.38. The SMILES string of the molecule is Cc1cc(C(N)Cc2ccc(Cl)c(Cl)c2)cc(C)c1Br. The minimum Gasteiger partial charge on any atom is -0.324 e. The Morgan fingerprint density at radius 3 is 2.20 bits per heavy atom. The number of benzene rings is 2. The summed E-state index contributed by atoms with van der Waals surface area (Å²) < 4.78 is 1.14. The van der Waals surface area contributed by atoms with Gasteiger partial charge in [0.2, 0.25) is 0 Å². The van der Waals surface area contributed by atoms with Crippen LogP contribution < -0.4 is 5.73 Å². The van der Waals surface area contributed by atoms with Crippen molar-refractivity contribution in [1.82, 2.24) is 0 Å². The Balaban J connectivity index is 2.23. The Morgan fingerprint density at radius 2 is 1.65 bits per heavy atom. The van der Waals surface area contributed by atoms with Gasteiger partial charge in [0.1, 0.15) is 0 Å². The van der Waals surface area contributed by atoms with Gasteiger partial charge in [-0.3, -0.25) is 0 Å². The van der Waals surface area contributed by atoms with Gasteiger partial charge in [-0.25, -0.2) is 0 Å². The zero-order valence-electron chi connectivity index (χ0n) is 11.4. The van der Waals surface area contributed by atoms with Gasteiger partial charge >= 0.3 is 0 Å². The normalized spacial score (nSPS) is 12.5. The van der Waals surface area contributed by atoms with E-state index in [0.717, 1.165) is 22.0 Å². The van der Waals surface area contributed by atoms with Gasteiger partial charge in [-0.05, 0) is 54.7 Å². The van der Waals surface area contributed by atoms with E-state index >= 15 is 0 Å². The zero-order chi connectivity index (χ0) is 14.9. The molecule has 0 saturated carbocycles. The van der Waals surface area contributed by atoms with Crippen LogP contribution in [0, 0.1) is 13.8 Å². The maximum Gasteiger partial charge on any atom is 0.0595 e. The Bertz CT molecular complexity index is 617. The molecule has 2 rings (SSSR count). The molecule has 0 bridgehead atoms. The molecule has 0 aliphatic carbocycles.